The normalized spacial score (nSPS) is 18.9. The molecular weight excluding hydrogens is 232 g/mol. The third kappa shape index (κ3) is 4.30. The molecule has 0 fully saturated rings. The van der Waals surface area contributed by atoms with Crippen LogP contribution in [0.25, 0.3) is 0 Å². The van der Waals surface area contributed by atoms with Gasteiger partial charge in [-0.1, -0.05) is 36.9 Å². The minimum atomic E-state index is 0.623. The van der Waals surface area contributed by atoms with Crippen LogP contribution in [0.1, 0.15) is 13.3 Å². The first-order valence-electron chi connectivity index (χ1n) is 5.97. The maximum Gasteiger partial charge on any atom is 0.156 e. The molecule has 1 unspecified atom stereocenters. The van der Waals surface area contributed by atoms with Crippen LogP contribution in [0.2, 0.25) is 0 Å². The molecule has 0 aliphatic carbocycles. The van der Waals surface area contributed by atoms with Crippen LogP contribution in [0.5, 0.6) is 5.75 Å². The standard InChI is InChI=1S/C13H18N2OS/c1-11-10-15-13(17-11)14-8-5-9-16-12-6-3-2-4-7-12/h2-4,6-7,11H,5,8-10H2,1H3,(H,14,15). The minimum Gasteiger partial charge on any atom is -0.494 e. The van der Waals surface area contributed by atoms with Gasteiger partial charge in [0.1, 0.15) is 5.75 Å². The Morgan fingerprint density at radius 3 is 2.94 bits per heavy atom. The smallest absolute Gasteiger partial charge is 0.156 e. The van der Waals surface area contributed by atoms with Crippen molar-refractivity contribution in [3.63, 3.8) is 0 Å². The third-order valence-corrected chi connectivity index (χ3v) is 3.46. The van der Waals surface area contributed by atoms with Gasteiger partial charge in [-0.25, -0.2) is 0 Å². The first-order chi connectivity index (χ1) is 8.34. The van der Waals surface area contributed by atoms with E-state index in [0.29, 0.717) is 5.25 Å². The van der Waals surface area contributed by atoms with Gasteiger partial charge in [-0.3, -0.25) is 4.99 Å². The van der Waals surface area contributed by atoms with Gasteiger partial charge in [0.05, 0.1) is 13.2 Å². The van der Waals surface area contributed by atoms with Gasteiger partial charge in [0.25, 0.3) is 0 Å². The number of ether oxygens (including phenoxy) is 1. The second kappa shape index (κ2) is 6.55. The predicted molar refractivity (Wildman–Crippen MR) is 73.9 cm³/mol. The van der Waals surface area contributed by atoms with Crippen LogP contribution in [0, 0.1) is 0 Å². The first-order valence-corrected chi connectivity index (χ1v) is 6.85. The number of nitrogens with one attached hydrogen (secondary N) is 1. The molecule has 0 saturated heterocycles. The summed E-state index contributed by atoms with van der Waals surface area (Å²) in [6.07, 6.45) is 0.989. The van der Waals surface area contributed by atoms with Crippen molar-refractivity contribution in [2.24, 2.45) is 4.99 Å². The molecule has 0 radical (unpaired) electrons. The van der Waals surface area contributed by atoms with Gasteiger partial charge >= 0.3 is 0 Å². The largest absolute Gasteiger partial charge is 0.494 e. The predicted octanol–water partition coefficient (Wildman–Crippen LogP) is 2.54. The molecule has 3 nitrogen and oxygen atoms in total. The lowest BCUT2D eigenvalue weighted by Crippen LogP contribution is -2.22. The van der Waals surface area contributed by atoms with E-state index in [1.54, 1.807) is 0 Å². The number of rotatable bonds is 5. The lowest BCUT2D eigenvalue weighted by molar-refractivity contribution is 0.311. The lowest BCUT2D eigenvalue weighted by Gasteiger charge is -2.07. The molecule has 1 N–H and O–H groups in total. The summed E-state index contributed by atoms with van der Waals surface area (Å²) in [6.45, 7) is 4.80. The second-order valence-electron chi connectivity index (χ2n) is 4.02. The molecule has 0 aromatic heterocycles. The van der Waals surface area contributed by atoms with Crippen molar-refractivity contribution < 1.29 is 4.74 Å². The number of para-hydroxylation sites is 1. The maximum atomic E-state index is 5.61. The van der Waals surface area contributed by atoms with E-state index in [0.717, 1.165) is 37.0 Å². The molecule has 1 heterocycles. The summed E-state index contributed by atoms with van der Waals surface area (Å²) in [4.78, 5) is 4.40. The molecule has 92 valence electrons. The zero-order valence-electron chi connectivity index (χ0n) is 10.1. The summed E-state index contributed by atoms with van der Waals surface area (Å²) >= 11 is 1.82. The van der Waals surface area contributed by atoms with Gasteiger partial charge in [0.2, 0.25) is 0 Å². The molecular formula is C13H18N2OS. The average Bonchev–Trinajstić information content (AvgIpc) is 2.76. The number of thioether (sulfide) groups is 1. The second-order valence-corrected chi connectivity index (χ2v) is 5.44. The van der Waals surface area contributed by atoms with Gasteiger partial charge < -0.3 is 10.1 Å². The summed E-state index contributed by atoms with van der Waals surface area (Å²) in [7, 11) is 0. The molecule has 0 bridgehead atoms. The summed E-state index contributed by atoms with van der Waals surface area (Å²) in [5.41, 5.74) is 0. The quantitative estimate of drug-likeness (QED) is 0.815. The average molecular weight is 250 g/mol. The van der Waals surface area contributed by atoms with Crippen molar-refractivity contribution in [1.29, 1.82) is 0 Å². The minimum absolute atomic E-state index is 0.623. The van der Waals surface area contributed by atoms with E-state index in [2.05, 4.69) is 17.2 Å². The van der Waals surface area contributed by atoms with Crippen molar-refractivity contribution >= 4 is 16.9 Å². The van der Waals surface area contributed by atoms with Crippen LogP contribution in [0.15, 0.2) is 35.3 Å². The lowest BCUT2D eigenvalue weighted by atomic mass is 10.3. The van der Waals surface area contributed by atoms with Crippen LogP contribution in [-0.2, 0) is 0 Å². The fourth-order valence-electron chi connectivity index (χ4n) is 1.55. The van der Waals surface area contributed by atoms with Crippen LogP contribution in [-0.4, -0.2) is 30.1 Å². The summed E-state index contributed by atoms with van der Waals surface area (Å²) in [5, 5.41) is 5.04. The molecule has 4 heteroatoms. The zero-order chi connectivity index (χ0) is 11.9. The molecule has 0 saturated carbocycles. The van der Waals surface area contributed by atoms with Crippen LogP contribution in [0.3, 0.4) is 0 Å². The third-order valence-electron chi connectivity index (χ3n) is 2.41. The van der Waals surface area contributed by atoms with E-state index >= 15 is 0 Å². The van der Waals surface area contributed by atoms with Gasteiger partial charge in [-0.15, -0.1) is 0 Å². The van der Waals surface area contributed by atoms with Crippen molar-refractivity contribution in [3.05, 3.63) is 30.3 Å². The Balaban J connectivity index is 1.55. The number of aliphatic imine (C=N–C) groups is 1. The van der Waals surface area contributed by atoms with E-state index in [1.165, 1.54) is 0 Å². The van der Waals surface area contributed by atoms with E-state index in [9.17, 15) is 0 Å². The van der Waals surface area contributed by atoms with Gasteiger partial charge in [-0.2, -0.15) is 0 Å². The highest BCUT2D eigenvalue weighted by Crippen LogP contribution is 2.18. The van der Waals surface area contributed by atoms with Crippen LogP contribution in [0.4, 0.5) is 0 Å². The number of amidine groups is 1. The monoisotopic (exact) mass is 250 g/mol. The van der Waals surface area contributed by atoms with Gasteiger partial charge in [-0.05, 0) is 18.6 Å². The zero-order valence-corrected chi connectivity index (χ0v) is 10.9. The Labute approximate surface area is 107 Å². The highest BCUT2D eigenvalue weighted by Gasteiger charge is 2.13. The van der Waals surface area contributed by atoms with Crippen LogP contribution >= 0.6 is 11.8 Å². The fraction of sp³-hybridized carbons (Fsp3) is 0.462. The SMILES string of the molecule is CC1CN=C(NCCCOc2ccccc2)S1. The summed E-state index contributed by atoms with van der Waals surface area (Å²) in [5.74, 6) is 0.939. The molecule has 0 spiro atoms. The molecule has 1 aliphatic heterocycles. The Bertz CT molecular complexity index is 367. The summed E-state index contributed by atoms with van der Waals surface area (Å²) < 4.78 is 5.61. The van der Waals surface area contributed by atoms with Crippen molar-refractivity contribution in [2.75, 3.05) is 19.7 Å². The van der Waals surface area contributed by atoms with Crippen molar-refractivity contribution in [1.82, 2.24) is 5.32 Å². The Hall–Kier alpha value is -1.16. The van der Waals surface area contributed by atoms with E-state index in [4.69, 9.17) is 4.74 Å². The number of nitrogens with zero attached hydrogens (tertiary/aromatic N) is 1. The molecule has 2 rings (SSSR count). The topological polar surface area (TPSA) is 33.6 Å². The highest BCUT2D eigenvalue weighted by atomic mass is 32.2. The van der Waals surface area contributed by atoms with Gasteiger partial charge in [0.15, 0.2) is 5.17 Å². The van der Waals surface area contributed by atoms with Crippen molar-refractivity contribution in [3.8, 4) is 5.75 Å². The Morgan fingerprint density at radius 2 is 2.24 bits per heavy atom. The van der Waals surface area contributed by atoms with Crippen LogP contribution < -0.4 is 10.1 Å². The van der Waals surface area contributed by atoms with E-state index in [1.807, 2.05) is 42.1 Å². The number of benzene rings is 1. The maximum absolute atomic E-state index is 5.61. The first kappa shape index (κ1) is 12.3. The fourth-order valence-corrected chi connectivity index (χ4v) is 2.41. The molecule has 17 heavy (non-hydrogen) atoms. The Morgan fingerprint density at radius 1 is 1.41 bits per heavy atom. The van der Waals surface area contributed by atoms with E-state index < -0.39 is 0 Å². The number of hydrogen-bond acceptors (Lipinski definition) is 4. The molecule has 1 atom stereocenters. The number of hydrogen-bond donors (Lipinski definition) is 1. The highest BCUT2D eigenvalue weighted by molar-refractivity contribution is 8.14. The Kier molecular flexibility index (Phi) is 4.74. The molecule has 0 amide bonds. The summed E-state index contributed by atoms with van der Waals surface area (Å²) in [6, 6.07) is 9.92. The van der Waals surface area contributed by atoms with Crippen molar-refractivity contribution in [2.45, 2.75) is 18.6 Å². The molecule has 1 aromatic carbocycles. The van der Waals surface area contributed by atoms with Gasteiger partial charge in [0, 0.05) is 11.8 Å². The molecule has 1 aromatic rings. The molecule has 1 aliphatic rings. The van der Waals surface area contributed by atoms with E-state index in [-0.39, 0.29) is 0 Å².